The van der Waals surface area contributed by atoms with Crippen molar-refractivity contribution >= 4 is 22.8 Å². The average molecular weight is 425 g/mol. The van der Waals surface area contributed by atoms with Crippen LogP contribution in [0.4, 0.5) is 0 Å². The predicted molar refractivity (Wildman–Crippen MR) is 124 cm³/mol. The molecule has 32 heavy (non-hydrogen) atoms. The number of fused-ring (bicyclic) bond motifs is 2. The molecule has 0 saturated carbocycles. The second-order valence-corrected chi connectivity index (χ2v) is 7.63. The van der Waals surface area contributed by atoms with Crippen molar-refractivity contribution in [3.8, 4) is 17.2 Å². The molecule has 0 amide bonds. The molecule has 0 unspecified atom stereocenters. The Labute approximate surface area is 186 Å². The van der Waals surface area contributed by atoms with Gasteiger partial charge in [0.25, 0.3) is 0 Å². The van der Waals surface area contributed by atoms with Crippen LogP contribution >= 0.6 is 0 Å². The monoisotopic (exact) mass is 425 g/mol. The summed E-state index contributed by atoms with van der Waals surface area (Å²) in [5.41, 5.74) is 3.62. The minimum absolute atomic E-state index is 0.130. The highest BCUT2D eigenvalue weighted by atomic mass is 16.5. The van der Waals surface area contributed by atoms with Crippen molar-refractivity contribution in [2.24, 2.45) is 0 Å². The van der Waals surface area contributed by atoms with Gasteiger partial charge in [0.2, 0.25) is 5.78 Å². The lowest BCUT2D eigenvalue weighted by molar-refractivity contribution is 0.101. The number of hydrogen-bond donors (Lipinski definition) is 0. The molecule has 0 radical (unpaired) electrons. The van der Waals surface area contributed by atoms with Crippen LogP contribution in [-0.4, -0.2) is 17.5 Å². The molecule has 1 aromatic heterocycles. The van der Waals surface area contributed by atoms with E-state index in [4.69, 9.17) is 14.2 Å². The van der Waals surface area contributed by atoms with Crippen molar-refractivity contribution < 1.29 is 19.0 Å². The highest BCUT2D eigenvalue weighted by molar-refractivity contribution is 6.15. The zero-order valence-electron chi connectivity index (χ0n) is 18.0. The number of aromatic nitrogens is 1. The van der Waals surface area contributed by atoms with E-state index in [1.54, 1.807) is 31.4 Å². The van der Waals surface area contributed by atoms with Crippen molar-refractivity contribution in [3.05, 3.63) is 95.4 Å². The van der Waals surface area contributed by atoms with Gasteiger partial charge in [-0.25, -0.2) is 0 Å². The fraction of sp³-hybridized carbons (Fsp3) is 0.148. The molecule has 160 valence electrons. The van der Waals surface area contributed by atoms with E-state index < -0.39 is 0 Å². The van der Waals surface area contributed by atoms with Crippen molar-refractivity contribution in [2.75, 3.05) is 7.11 Å². The maximum Gasteiger partial charge on any atom is 0.231 e. The lowest BCUT2D eigenvalue weighted by Crippen LogP contribution is -1.98. The van der Waals surface area contributed by atoms with E-state index in [2.05, 4.69) is 11.5 Å². The molecule has 0 atom stereocenters. The maximum atomic E-state index is 13.0. The Hall–Kier alpha value is -3.99. The summed E-state index contributed by atoms with van der Waals surface area (Å²) >= 11 is 0. The Morgan fingerprint density at radius 1 is 1.00 bits per heavy atom. The molecule has 0 spiro atoms. The number of nitrogens with zero attached hydrogens (tertiary/aromatic N) is 1. The molecule has 0 bridgehead atoms. The second kappa shape index (κ2) is 8.27. The van der Waals surface area contributed by atoms with Crippen LogP contribution < -0.4 is 14.2 Å². The number of ketones is 1. The van der Waals surface area contributed by atoms with Crippen LogP contribution in [0.15, 0.2) is 78.7 Å². The first kappa shape index (κ1) is 19.9. The predicted octanol–water partition coefficient (Wildman–Crippen LogP) is 5.87. The molecule has 5 rings (SSSR count). The zero-order valence-corrected chi connectivity index (χ0v) is 18.0. The van der Waals surface area contributed by atoms with Gasteiger partial charge in [-0.1, -0.05) is 30.3 Å². The van der Waals surface area contributed by atoms with Gasteiger partial charge in [-0.15, -0.1) is 0 Å². The quantitative estimate of drug-likeness (QED) is 0.363. The van der Waals surface area contributed by atoms with Crippen molar-refractivity contribution in [3.63, 3.8) is 0 Å². The first-order chi connectivity index (χ1) is 15.7. The summed E-state index contributed by atoms with van der Waals surface area (Å²) in [5, 5.41) is 1.01. The van der Waals surface area contributed by atoms with Crippen molar-refractivity contribution in [1.29, 1.82) is 0 Å². The van der Waals surface area contributed by atoms with Crippen LogP contribution in [-0.2, 0) is 13.2 Å². The van der Waals surface area contributed by atoms with Gasteiger partial charge in [-0.3, -0.25) is 4.79 Å². The van der Waals surface area contributed by atoms with Gasteiger partial charge in [0.05, 0.1) is 12.7 Å². The summed E-state index contributed by atoms with van der Waals surface area (Å²) in [6.07, 6.45) is 3.84. The summed E-state index contributed by atoms with van der Waals surface area (Å²) in [6.45, 7) is 3.36. The summed E-state index contributed by atoms with van der Waals surface area (Å²) in [6, 6.07) is 21.2. The van der Waals surface area contributed by atoms with Gasteiger partial charge >= 0.3 is 0 Å². The molecule has 1 aliphatic heterocycles. The Morgan fingerprint density at radius 2 is 1.81 bits per heavy atom. The normalized spacial score (nSPS) is 13.9. The maximum absolute atomic E-state index is 13.0. The average Bonchev–Trinajstić information content (AvgIpc) is 3.34. The van der Waals surface area contributed by atoms with Gasteiger partial charge < -0.3 is 18.8 Å². The van der Waals surface area contributed by atoms with Crippen LogP contribution in [0.5, 0.6) is 17.2 Å². The Bertz CT molecular complexity index is 1330. The van der Waals surface area contributed by atoms with E-state index in [0.29, 0.717) is 29.4 Å². The third-order valence-corrected chi connectivity index (χ3v) is 5.64. The van der Waals surface area contributed by atoms with E-state index in [9.17, 15) is 4.79 Å². The summed E-state index contributed by atoms with van der Waals surface area (Å²) in [4.78, 5) is 13.0. The molecule has 0 aliphatic carbocycles. The summed E-state index contributed by atoms with van der Waals surface area (Å²) < 4.78 is 19.4. The first-order valence-corrected chi connectivity index (χ1v) is 10.6. The smallest absolute Gasteiger partial charge is 0.231 e. The fourth-order valence-corrected chi connectivity index (χ4v) is 3.95. The highest BCUT2D eigenvalue weighted by Crippen LogP contribution is 2.36. The van der Waals surface area contributed by atoms with Crippen LogP contribution in [0.3, 0.4) is 0 Å². The largest absolute Gasteiger partial charge is 0.497 e. The molecule has 5 heteroatoms. The second-order valence-electron chi connectivity index (χ2n) is 7.63. The van der Waals surface area contributed by atoms with Gasteiger partial charge in [0.15, 0.2) is 5.76 Å². The third kappa shape index (κ3) is 3.62. The lowest BCUT2D eigenvalue weighted by atomic mass is 10.1. The van der Waals surface area contributed by atoms with Crippen molar-refractivity contribution in [1.82, 2.24) is 4.57 Å². The van der Waals surface area contributed by atoms with E-state index in [0.717, 1.165) is 34.3 Å². The Kier molecular flexibility index (Phi) is 5.15. The van der Waals surface area contributed by atoms with Crippen molar-refractivity contribution in [2.45, 2.75) is 20.1 Å². The number of allylic oxidation sites excluding steroid dienone is 1. The van der Waals surface area contributed by atoms with Crippen LogP contribution in [0.1, 0.15) is 28.4 Å². The van der Waals surface area contributed by atoms with Crippen LogP contribution in [0, 0.1) is 0 Å². The van der Waals surface area contributed by atoms with Crippen LogP contribution in [0.25, 0.3) is 17.0 Å². The molecule has 4 aromatic rings. The molecule has 3 aromatic carbocycles. The zero-order chi connectivity index (χ0) is 22.1. The molecule has 0 fully saturated rings. The van der Waals surface area contributed by atoms with E-state index in [-0.39, 0.29) is 5.78 Å². The molecule has 0 saturated heterocycles. The van der Waals surface area contributed by atoms with E-state index >= 15 is 0 Å². The Morgan fingerprint density at radius 3 is 2.59 bits per heavy atom. The van der Waals surface area contributed by atoms with Gasteiger partial charge in [0, 0.05) is 35.3 Å². The molecule has 0 N–H and O–H groups in total. The molecular weight excluding hydrogens is 402 g/mol. The number of methoxy groups -OCH3 is 1. The van der Waals surface area contributed by atoms with Gasteiger partial charge in [-0.05, 0) is 48.9 Å². The first-order valence-electron chi connectivity index (χ1n) is 10.6. The molecular formula is C27H23NO4. The standard InChI is InChI=1S/C27H23NO4/c1-3-28-16-19(23-14-20(30-2)10-12-24(23)28)13-26-27(29)22-11-9-21(15-25(22)32-26)31-17-18-7-5-4-6-8-18/h4-16H,3,17H2,1-2H3/b26-13+. The van der Waals surface area contributed by atoms with Gasteiger partial charge in [0.1, 0.15) is 23.9 Å². The van der Waals surface area contributed by atoms with E-state index in [1.165, 1.54) is 0 Å². The van der Waals surface area contributed by atoms with Crippen LogP contribution in [0.2, 0.25) is 0 Å². The molecule has 1 aliphatic rings. The number of carbonyl (C=O) groups is 1. The third-order valence-electron chi connectivity index (χ3n) is 5.64. The lowest BCUT2D eigenvalue weighted by Gasteiger charge is -2.07. The van der Waals surface area contributed by atoms with Gasteiger partial charge in [-0.2, -0.15) is 0 Å². The number of Topliss-reactive ketones (excluding diaryl/α,β-unsaturated/α-hetero) is 1. The number of carbonyl (C=O) groups excluding carboxylic acids is 1. The fourth-order valence-electron chi connectivity index (χ4n) is 3.95. The molecule has 2 heterocycles. The number of rotatable bonds is 6. The van der Waals surface area contributed by atoms with E-state index in [1.807, 2.05) is 54.7 Å². The Balaban J connectivity index is 1.43. The SMILES string of the molecule is CCn1cc(/C=C2/Oc3cc(OCc4ccccc4)ccc3C2=O)c2cc(OC)ccc21. The molecule has 5 nitrogen and oxygen atoms in total. The minimum Gasteiger partial charge on any atom is -0.497 e. The number of ether oxygens (including phenoxy) is 3. The summed E-state index contributed by atoms with van der Waals surface area (Å²) in [7, 11) is 1.65. The number of hydrogen-bond acceptors (Lipinski definition) is 4. The number of benzene rings is 3. The summed E-state index contributed by atoms with van der Waals surface area (Å²) in [5.74, 6) is 2.12. The highest BCUT2D eigenvalue weighted by Gasteiger charge is 2.28. The number of aryl methyl sites for hydroxylation is 1. The topological polar surface area (TPSA) is 49.7 Å². The minimum atomic E-state index is -0.130.